The summed E-state index contributed by atoms with van der Waals surface area (Å²) in [7, 11) is 1.87. The van der Waals surface area contributed by atoms with Crippen LogP contribution in [0.4, 0.5) is 0 Å². The molecule has 2 bridgehead atoms. The van der Waals surface area contributed by atoms with Crippen LogP contribution in [0.3, 0.4) is 0 Å². The molecule has 1 N–H and O–H groups in total. The maximum absolute atomic E-state index is 12.6. The second kappa shape index (κ2) is 5.21. The van der Waals surface area contributed by atoms with Crippen molar-refractivity contribution in [2.45, 2.75) is 25.4 Å². The predicted octanol–water partition coefficient (Wildman–Crippen LogP) is 1.77. The van der Waals surface area contributed by atoms with Crippen LogP contribution in [0, 0.1) is 5.92 Å². The number of carbonyl (C=O) groups is 1. The number of pyridine rings is 1. The molecule has 1 unspecified atom stereocenters. The van der Waals surface area contributed by atoms with E-state index in [-0.39, 0.29) is 23.1 Å². The molecule has 5 rings (SSSR count). The molecule has 6 heteroatoms. The zero-order chi connectivity index (χ0) is 15.3. The van der Waals surface area contributed by atoms with Gasteiger partial charge in [0.05, 0.1) is 16.4 Å². The molecule has 1 atom stereocenters. The molecule has 3 aliphatic heterocycles. The maximum Gasteiger partial charge on any atom is 0.258 e. The minimum Gasteiger partial charge on any atom is -0.349 e. The van der Waals surface area contributed by atoms with Gasteiger partial charge in [0.2, 0.25) is 5.43 Å². The summed E-state index contributed by atoms with van der Waals surface area (Å²) < 4.78 is 2.51. The first-order valence-electron chi connectivity index (χ1n) is 7.75. The van der Waals surface area contributed by atoms with Crippen LogP contribution >= 0.6 is 11.3 Å². The molecule has 3 aliphatic rings. The Morgan fingerprint density at radius 1 is 1.36 bits per heavy atom. The smallest absolute Gasteiger partial charge is 0.258 e. The van der Waals surface area contributed by atoms with Crippen molar-refractivity contribution in [3.05, 3.63) is 33.4 Å². The van der Waals surface area contributed by atoms with Gasteiger partial charge in [0, 0.05) is 26.3 Å². The lowest BCUT2D eigenvalue weighted by Crippen LogP contribution is -2.56. The Morgan fingerprint density at radius 3 is 2.82 bits per heavy atom. The van der Waals surface area contributed by atoms with Crippen molar-refractivity contribution in [3.8, 4) is 0 Å². The van der Waals surface area contributed by atoms with Crippen LogP contribution in [0.25, 0.3) is 10.2 Å². The Kier molecular flexibility index (Phi) is 3.31. The van der Waals surface area contributed by atoms with Gasteiger partial charge in [0.1, 0.15) is 5.56 Å². The van der Waals surface area contributed by atoms with E-state index in [9.17, 15) is 9.59 Å². The van der Waals surface area contributed by atoms with Gasteiger partial charge in [0.15, 0.2) is 0 Å². The van der Waals surface area contributed by atoms with Crippen molar-refractivity contribution >= 4 is 27.5 Å². The number of aromatic nitrogens is 1. The van der Waals surface area contributed by atoms with Crippen molar-refractivity contribution in [3.63, 3.8) is 0 Å². The number of carbonyl (C=O) groups excluding carboxylic acids is 1. The monoisotopic (exact) mass is 317 g/mol. The standard InChI is InChI=1S/C16H19N3O2S/c1-18-9-11(14(20)15-12(18)4-7-22-15)16(21)17-13-8-10-2-5-19(13)6-3-10/h4,7,9-10,13H,2-3,5-6,8H2,1H3,(H,17,21). The largest absolute Gasteiger partial charge is 0.349 e. The highest BCUT2D eigenvalue weighted by molar-refractivity contribution is 7.17. The number of nitrogens with zero attached hydrogens (tertiary/aromatic N) is 2. The molecule has 3 saturated heterocycles. The van der Waals surface area contributed by atoms with E-state index in [4.69, 9.17) is 0 Å². The molecule has 2 aromatic rings. The number of nitrogens with one attached hydrogen (secondary N) is 1. The van der Waals surface area contributed by atoms with Gasteiger partial charge in [-0.05, 0) is 36.6 Å². The zero-order valence-corrected chi connectivity index (χ0v) is 13.4. The lowest BCUT2D eigenvalue weighted by atomic mass is 9.86. The summed E-state index contributed by atoms with van der Waals surface area (Å²) in [5.41, 5.74) is 0.976. The first kappa shape index (κ1) is 14.0. The molecule has 0 saturated carbocycles. The third-order valence-electron chi connectivity index (χ3n) is 4.99. The molecule has 1 amide bonds. The van der Waals surface area contributed by atoms with Crippen molar-refractivity contribution in [2.75, 3.05) is 13.1 Å². The summed E-state index contributed by atoms with van der Waals surface area (Å²) in [5, 5.41) is 4.96. The van der Waals surface area contributed by atoms with Gasteiger partial charge in [-0.3, -0.25) is 14.5 Å². The number of thiophene rings is 1. The Bertz CT molecular complexity index is 786. The molecule has 116 valence electrons. The number of fused-ring (bicyclic) bond motifs is 4. The normalized spacial score (nSPS) is 27.2. The van der Waals surface area contributed by atoms with Crippen LogP contribution in [0.1, 0.15) is 29.6 Å². The fourth-order valence-electron chi connectivity index (χ4n) is 3.70. The van der Waals surface area contributed by atoms with Crippen molar-refractivity contribution < 1.29 is 4.79 Å². The molecule has 2 aromatic heterocycles. The molecular weight excluding hydrogens is 298 g/mol. The van der Waals surface area contributed by atoms with Gasteiger partial charge in [-0.25, -0.2) is 0 Å². The van der Waals surface area contributed by atoms with E-state index < -0.39 is 0 Å². The number of aryl methyl sites for hydroxylation is 1. The van der Waals surface area contributed by atoms with Gasteiger partial charge in [0.25, 0.3) is 5.91 Å². The minimum absolute atomic E-state index is 0.0868. The molecule has 22 heavy (non-hydrogen) atoms. The predicted molar refractivity (Wildman–Crippen MR) is 87.2 cm³/mol. The van der Waals surface area contributed by atoms with Crippen LogP contribution in [0.5, 0.6) is 0 Å². The zero-order valence-electron chi connectivity index (χ0n) is 12.5. The number of rotatable bonds is 2. The molecule has 5 heterocycles. The van der Waals surface area contributed by atoms with Crippen molar-refractivity contribution in [1.29, 1.82) is 0 Å². The highest BCUT2D eigenvalue weighted by Gasteiger charge is 2.34. The Labute approximate surface area is 132 Å². The molecule has 0 aliphatic carbocycles. The summed E-state index contributed by atoms with van der Waals surface area (Å²) in [6, 6.07) is 1.91. The van der Waals surface area contributed by atoms with Crippen molar-refractivity contribution in [2.24, 2.45) is 13.0 Å². The first-order valence-corrected chi connectivity index (χ1v) is 8.63. The molecule has 0 spiro atoms. The fourth-order valence-corrected chi connectivity index (χ4v) is 4.58. The van der Waals surface area contributed by atoms with E-state index in [0.717, 1.165) is 30.9 Å². The Balaban J connectivity index is 1.63. The third kappa shape index (κ3) is 2.18. The molecule has 5 nitrogen and oxygen atoms in total. The lowest BCUT2D eigenvalue weighted by Gasteiger charge is -2.45. The summed E-state index contributed by atoms with van der Waals surface area (Å²) in [5.74, 6) is 0.478. The molecule has 0 radical (unpaired) electrons. The van der Waals surface area contributed by atoms with E-state index in [1.165, 1.54) is 24.2 Å². The number of amides is 1. The van der Waals surface area contributed by atoms with Gasteiger partial charge in [-0.2, -0.15) is 0 Å². The lowest BCUT2D eigenvalue weighted by molar-refractivity contribution is 0.0294. The number of hydrogen-bond donors (Lipinski definition) is 1. The number of piperidine rings is 3. The summed E-state index contributed by atoms with van der Waals surface area (Å²) in [6.45, 7) is 2.11. The second-order valence-corrected chi connectivity index (χ2v) is 7.24. The van der Waals surface area contributed by atoms with Gasteiger partial charge in [-0.15, -0.1) is 11.3 Å². The van der Waals surface area contributed by atoms with E-state index >= 15 is 0 Å². The van der Waals surface area contributed by atoms with E-state index in [0.29, 0.717) is 4.70 Å². The maximum atomic E-state index is 12.6. The van der Waals surface area contributed by atoms with E-state index in [2.05, 4.69) is 10.2 Å². The van der Waals surface area contributed by atoms with E-state index in [1.54, 1.807) is 6.20 Å². The van der Waals surface area contributed by atoms with Crippen LogP contribution in [0.2, 0.25) is 0 Å². The SMILES string of the molecule is Cn1cc(C(=O)NC2CC3CCN2CC3)c(=O)c2sccc21. The average Bonchev–Trinajstić information content (AvgIpc) is 3.02. The van der Waals surface area contributed by atoms with Crippen LogP contribution in [0.15, 0.2) is 22.4 Å². The third-order valence-corrected chi connectivity index (χ3v) is 5.89. The highest BCUT2D eigenvalue weighted by Crippen LogP contribution is 2.30. The fraction of sp³-hybridized carbons (Fsp3) is 0.500. The van der Waals surface area contributed by atoms with Crippen molar-refractivity contribution in [1.82, 2.24) is 14.8 Å². The number of hydrogen-bond acceptors (Lipinski definition) is 4. The van der Waals surface area contributed by atoms with Crippen LogP contribution < -0.4 is 10.7 Å². The molecular formula is C16H19N3O2S. The van der Waals surface area contributed by atoms with Crippen LogP contribution in [-0.2, 0) is 7.05 Å². The topological polar surface area (TPSA) is 54.3 Å². The Hall–Kier alpha value is -1.66. The van der Waals surface area contributed by atoms with Crippen LogP contribution in [-0.4, -0.2) is 34.6 Å². The minimum atomic E-state index is -0.242. The quantitative estimate of drug-likeness (QED) is 0.918. The van der Waals surface area contributed by atoms with E-state index in [1.807, 2.05) is 23.1 Å². The average molecular weight is 317 g/mol. The second-order valence-electron chi connectivity index (χ2n) is 6.32. The Morgan fingerprint density at radius 2 is 2.14 bits per heavy atom. The first-order chi connectivity index (χ1) is 10.6. The molecule has 0 aromatic carbocycles. The highest BCUT2D eigenvalue weighted by atomic mass is 32.1. The summed E-state index contributed by atoms with van der Waals surface area (Å²) >= 11 is 1.39. The summed E-state index contributed by atoms with van der Waals surface area (Å²) in [6.07, 6.45) is 5.21. The van der Waals surface area contributed by atoms with Gasteiger partial charge < -0.3 is 9.88 Å². The summed E-state index contributed by atoms with van der Waals surface area (Å²) in [4.78, 5) is 27.4. The molecule has 3 fully saturated rings. The van der Waals surface area contributed by atoms with Gasteiger partial charge in [-0.1, -0.05) is 0 Å². The van der Waals surface area contributed by atoms with Gasteiger partial charge >= 0.3 is 0 Å².